The summed E-state index contributed by atoms with van der Waals surface area (Å²) >= 11 is 0. The summed E-state index contributed by atoms with van der Waals surface area (Å²) in [5.41, 5.74) is 2.05. The van der Waals surface area contributed by atoms with E-state index >= 15 is 0 Å². The van der Waals surface area contributed by atoms with Crippen LogP contribution >= 0.6 is 0 Å². The molecule has 10 heteroatoms. The summed E-state index contributed by atoms with van der Waals surface area (Å²) in [5.74, 6) is 5.43. The summed E-state index contributed by atoms with van der Waals surface area (Å²) in [6.45, 7) is 2.70. The first-order valence-corrected chi connectivity index (χ1v) is 6.12. The predicted molar refractivity (Wildman–Crippen MR) is 72.2 cm³/mol. The molecule has 1 fully saturated rings. The van der Waals surface area contributed by atoms with Crippen LogP contribution in [0.5, 0.6) is 0 Å². The van der Waals surface area contributed by atoms with Crippen molar-refractivity contribution >= 4 is 17.5 Å². The molecule has 0 amide bonds. The highest BCUT2D eigenvalue weighted by Crippen LogP contribution is 2.21. The monoisotopic (exact) mass is 283 g/mol. The van der Waals surface area contributed by atoms with Crippen LogP contribution in [0.3, 0.4) is 0 Å². The number of anilines is 2. The number of likely N-dealkylation sites (N-methyl/N-ethyl adjacent to an activating group) is 1. The van der Waals surface area contributed by atoms with Gasteiger partial charge < -0.3 is 15.0 Å². The van der Waals surface area contributed by atoms with Crippen LogP contribution in [-0.4, -0.2) is 59.2 Å². The smallest absolute Gasteiger partial charge is 0.329 e. The maximum atomic E-state index is 10.9. The number of hydrazine groups is 1. The van der Waals surface area contributed by atoms with Crippen LogP contribution in [0.2, 0.25) is 0 Å². The van der Waals surface area contributed by atoms with Crippen molar-refractivity contribution < 1.29 is 9.66 Å². The maximum Gasteiger partial charge on any atom is 0.329 e. The first-order valence-electron chi connectivity index (χ1n) is 6.12. The zero-order valence-corrected chi connectivity index (χ0v) is 11.1. The normalized spacial score (nSPS) is 19.6. The van der Waals surface area contributed by atoms with E-state index in [1.807, 2.05) is 7.05 Å². The second kappa shape index (κ2) is 6.41. The molecule has 0 aromatic carbocycles. The molecule has 2 heterocycles. The van der Waals surface area contributed by atoms with Crippen molar-refractivity contribution in [1.82, 2.24) is 14.9 Å². The van der Waals surface area contributed by atoms with E-state index in [0.717, 1.165) is 19.3 Å². The van der Waals surface area contributed by atoms with Crippen molar-refractivity contribution in [2.24, 2.45) is 5.84 Å². The molecule has 20 heavy (non-hydrogen) atoms. The Morgan fingerprint density at radius 2 is 2.50 bits per heavy atom. The van der Waals surface area contributed by atoms with Crippen LogP contribution < -0.4 is 16.6 Å². The van der Waals surface area contributed by atoms with E-state index in [-0.39, 0.29) is 23.6 Å². The van der Waals surface area contributed by atoms with Gasteiger partial charge in [-0.05, 0) is 7.05 Å². The minimum Gasteiger partial charge on any atom is -0.374 e. The summed E-state index contributed by atoms with van der Waals surface area (Å²) in [6.07, 6.45) is 1.07. The molecule has 0 bridgehead atoms. The molecular formula is C10H17N7O3. The topological polar surface area (TPSA) is 131 Å². The SMILES string of the molecule is CN1CCOC(CNc2nc(NN)ncc2[N+](=O)[O-])C1. The number of aromatic nitrogens is 2. The molecular weight excluding hydrogens is 266 g/mol. The fraction of sp³-hybridized carbons (Fsp3) is 0.600. The molecule has 0 saturated carbocycles. The van der Waals surface area contributed by atoms with Gasteiger partial charge in [-0.3, -0.25) is 15.5 Å². The fourth-order valence-corrected chi connectivity index (χ4v) is 1.91. The molecule has 1 aromatic heterocycles. The van der Waals surface area contributed by atoms with E-state index < -0.39 is 4.92 Å². The van der Waals surface area contributed by atoms with Crippen molar-refractivity contribution in [2.75, 3.05) is 44.0 Å². The first-order chi connectivity index (χ1) is 9.60. The second-order valence-electron chi connectivity index (χ2n) is 4.46. The molecule has 2 rings (SSSR count). The van der Waals surface area contributed by atoms with Gasteiger partial charge in [-0.1, -0.05) is 0 Å². The first kappa shape index (κ1) is 14.4. The van der Waals surface area contributed by atoms with Crippen molar-refractivity contribution in [1.29, 1.82) is 0 Å². The fourth-order valence-electron chi connectivity index (χ4n) is 1.91. The predicted octanol–water partition coefficient (Wildman–Crippen LogP) is -0.587. The number of rotatable bonds is 5. The number of morpholine rings is 1. The number of nitrogens with one attached hydrogen (secondary N) is 2. The standard InChI is InChI=1S/C10H17N7O3/c1-16-2-3-20-7(6-16)4-12-9-8(17(18)19)5-13-10(14-9)15-11/h5,7H,2-4,6,11H2,1H3,(H2,12,13,14,15). The Morgan fingerprint density at radius 1 is 1.70 bits per heavy atom. The number of nitrogen functional groups attached to an aromatic ring is 1. The highest BCUT2D eigenvalue weighted by atomic mass is 16.6. The molecule has 4 N–H and O–H groups in total. The lowest BCUT2D eigenvalue weighted by atomic mass is 10.3. The Kier molecular flexibility index (Phi) is 4.61. The summed E-state index contributed by atoms with van der Waals surface area (Å²) in [5, 5.41) is 13.8. The zero-order chi connectivity index (χ0) is 14.5. The molecule has 1 unspecified atom stereocenters. The molecule has 1 atom stereocenters. The minimum atomic E-state index is -0.545. The van der Waals surface area contributed by atoms with Gasteiger partial charge in [-0.25, -0.2) is 10.8 Å². The van der Waals surface area contributed by atoms with Crippen molar-refractivity contribution in [3.63, 3.8) is 0 Å². The number of nitro groups is 1. The average Bonchev–Trinajstić information content (AvgIpc) is 2.44. The van der Waals surface area contributed by atoms with Crippen LogP contribution in [0.25, 0.3) is 0 Å². The highest BCUT2D eigenvalue weighted by molar-refractivity contribution is 5.56. The largest absolute Gasteiger partial charge is 0.374 e. The third kappa shape index (κ3) is 3.50. The van der Waals surface area contributed by atoms with Crippen LogP contribution in [0, 0.1) is 10.1 Å². The lowest BCUT2D eigenvalue weighted by Crippen LogP contribution is -2.43. The van der Waals surface area contributed by atoms with E-state index in [4.69, 9.17) is 10.6 Å². The Hall–Kier alpha value is -2.04. The third-order valence-corrected chi connectivity index (χ3v) is 2.93. The van der Waals surface area contributed by atoms with E-state index in [0.29, 0.717) is 13.2 Å². The number of hydrogen-bond donors (Lipinski definition) is 3. The lowest BCUT2D eigenvalue weighted by molar-refractivity contribution is -0.384. The van der Waals surface area contributed by atoms with E-state index in [1.165, 1.54) is 0 Å². The van der Waals surface area contributed by atoms with Gasteiger partial charge in [0.05, 0.1) is 17.6 Å². The number of hydrogen-bond acceptors (Lipinski definition) is 9. The summed E-state index contributed by atoms with van der Waals surface area (Å²) in [6, 6.07) is 0. The van der Waals surface area contributed by atoms with Crippen LogP contribution in [-0.2, 0) is 4.74 Å². The Labute approximate surface area is 115 Å². The molecule has 10 nitrogen and oxygen atoms in total. The van der Waals surface area contributed by atoms with Crippen LogP contribution in [0.1, 0.15) is 0 Å². The zero-order valence-electron chi connectivity index (χ0n) is 11.1. The van der Waals surface area contributed by atoms with Crippen LogP contribution in [0.15, 0.2) is 6.20 Å². The molecule has 1 aliphatic rings. The van der Waals surface area contributed by atoms with Gasteiger partial charge >= 0.3 is 5.69 Å². The van der Waals surface area contributed by atoms with Gasteiger partial charge in [0.2, 0.25) is 11.8 Å². The van der Waals surface area contributed by atoms with E-state index in [1.54, 1.807) is 0 Å². The van der Waals surface area contributed by atoms with Gasteiger partial charge in [0.1, 0.15) is 6.20 Å². The summed E-state index contributed by atoms with van der Waals surface area (Å²) in [7, 11) is 2.00. The van der Waals surface area contributed by atoms with Gasteiger partial charge in [-0.15, -0.1) is 0 Å². The Balaban J connectivity index is 2.05. The molecule has 1 aromatic rings. The third-order valence-electron chi connectivity index (χ3n) is 2.93. The highest BCUT2D eigenvalue weighted by Gasteiger charge is 2.21. The van der Waals surface area contributed by atoms with Crippen molar-refractivity contribution in [3.05, 3.63) is 16.3 Å². The van der Waals surface area contributed by atoms with Crippen LogP contribution in [0.4, 0.5) is 17.5 Å². The molecule has 1 saturated heterocycles. The lowest BCUT2D eigenvalue weighted by Gasteiger charge is -2.30. The van der Waals surface area contributed by atoms with Gasteiger partial charge in [-0.2, -0.15) is 4.98 Å². The molecule has 1 aliphatic heterocycles. The Morgan fingerprint density at radius 3 is 3.15 bits per heavy atom. The van der Waals surface area contributed by atoms with E-state index in [9.17, 15) is 10.1 Å². The minimum absolute atomic E-state index is 0.0439. The number of ether oxygens (including phenoxy) is 1. The number of nitrogens with two attached hydrogens (primary N) is 1. The molecule has 0 radical (unpaired) electrons. The molecule has 0 spiro atoms. The quantitative estimate of drug-likeness (QED) is 0.368. The average molecular weight is 283 g/mol. The van der Waals surface area contributed by atoms with Crippen molar-refractivity contribution in [3.8, 4) is 0 Å². The Bertz CT molecular complexity index is 484. The molecule has 0 aliphatic carbocycles. The summed E-state index contributed by atoms with van der Waals surface area (Å²) in [4.78, 5) is 20.2. The summed E-state index contributed by atoms with van der Waals surface area (Å²) < 4.78 is 5.57. The van der Waals surface area contributed by atoms with Gasteiger partial charge in [0.15, 0.2) is 0 Å². The van der Waals surface area contributed by atoms with E-state index in [2.05, 4.69) is 25.6 Å². The molecule has 110 valence electrons. The van der Waals surface area contributed by atoms with Gasteiger partial charge in [0, 0.05) is 19.6 Å². The van der Waals surface area contributed by atoms with Crippen molar-refractivity contribution in [2.45, 2.75) is 6.10 Å². The maximum absolute atomic E-state index is 10.9. The van der Waals surface area contributed by atoms with Gasteiger partial charge in [0.25, 0.3) is 0 Å². The second-order valence-corrected chi connectivity index (χ2v) is 4.46. The number of nitrogens with zero attached hydrogens (tertiary/aromatic N) is 4.